The van der Waals surface area contributed by atoms with Gasteiger partial charge in [-0.3, -0.25) is 5.32 Å². The standard InChI is InChI=1S/C23H32N2O5/c1-14(2)5-10-18-22(3,30-18)20-19(27-4)17(11-12-23(20)13-28-23)29-21(26)25-16-8-6-15(24)7-9-16/h5-9,17-20H,10-13,24H2,1-4H3,(H,25,26)/t17?,18-,19?,20?,22?,23+/m1/s1. The van der Waals surface area contributed by atoms with Crippen molar-refractivity contribution in [3.8, 4) is 0 Å². The molecule has 6 atom stereocenters. The molecule has 1 aliphatic carbocycles. The summed E-state index contributed by atoms with van der Waals surface area (Å²) in [7, 11) is 1.67. The molecule has 1 saturated carbocycles. The zero-order valence-electron chi connectivity index (χ0n) is 18.1. The van der Waals surface area contributed by atoms with Crippen molar-refractivity contribution < 1.29 is 23.7 Å². The normalized spacial score (nSPS) is 36.8. The molecule has 3 aliphatic rings. The molecule has 30 heavy (non-hydrogen) atoms. The van der Waals surface area contributed by atoms with Crippen molar-refractivity contribution in [2.24, 2.45) is 5.92 Å². The number of anilines is 2. The van der Waals surface area contributed by atoms with Gasteiger partial charge in [0.2, 0.25) is 0 Å². The molecule has 1 aromatic carbocycles. The van der Waals surface area contributed by atoms with E-state index in [1.54, 1.807) is 31.4 Å². The molecule has 7 heteroatoms. The first-order chi connectivity index (χ1) is 14.3. The smallest absolute Gasteiger partial charge is 0.411 e. The summed E-state index contributed by atoms with van der Waals surface area (Å²) in [6, 6.07) is 6.95. The number of nitrogens with two attached hydrogens (primary N) is 1. The number of nitrogen functional groups attached to an aromatic ring is 1. The van der Waals surface area contributed by atoms with E-state index >= 15 is 0 Å². The first-order valence-corrected chi connectivity index (χ1v) is 10.6. The summed E-state index contributed by atoms with van der Waals surface area (Å²) in [6.07, 6.45) is 3.55. The monoisotopic (exact) mass is 416 g/mol. The van der Waals surface area contributed by atoms with Crippen LogP contribution in [0.1, 0.15) is 40.0 Å². The van der Waals surface area contributed by atoms with Crippen molar-refractivity contribution in [2.45, 2.75) is 69.5 Å². The van der Waals surface area contributed by atoms with Gasteiger partial charge in [-0.25, -0.2) is 4.79 Å². The molecule has 0 radical (unpaired) electrons. The number of epoxide rings is 2. The van der Waals surface area contributed by atoms with Crippen molar-refractivity contribution in [1.29, 1.82) is 0 Å². The molecule has 3 N–H and O–H groups in total. The summed E-state index contributed by atoms with van der Waals surface area (Å²) < 4.78 is 23.8. The third-order valence-corrected chi connectivity index (χ3v) is 6.65. The number of hydrogen-bond donors (Lipinski definition) is 2. The number of ether oxygens (including phenoxy) is 4. The van der Waals surface area contributed by atoms with Crippen LogP contribution in [0, 0.1) is 5.92 Å². The predicted molar refractivity (Wildman–Crippen MR) is 114 cm³/mol. The van der Waals surface area contributed by atoms with Gasteiger partial charge in [-0.1, -0.05) is 11.6 Å². The molecular weight excluding hydrogens is 384 g/mol. The van der Waals surface area contributed by atoms with E-state index in [1.807, 2.05) is 0 Å². The van der Waals surface area contributed by atoms with Gasteiger partial charge in [0, 0.05) is 18.5 Å². The quantitative estimate of drug-likeness (QED) is 0.415. The maximum Gasteiger partial charge on any atom is 0.411 e. The van der Waals surface area contributed by atoms with E-state index in [4.69, 9.17) is 24.7 Å². The Balaban J connectivity index is 1.45. The Morgan fingerprint density at radius 1 is 1.33 bits per heavy atom. The lowest BCUT2D eigenvalue weighted by atomic mass is 9.68. The van der Waals surface area contributed by atoms with Crippen LogP contribution in [0.2, 0.25) is 0 Å². The van der Waals surface area contributed by atoms with Crippen LogP contribution in [0.25, 0.3) is 0 Å². The molecule has 1 spiro atoms. The van der Waals surface area contributed by atoms with Crippen LogP contribution in [0.4, 0.5) is 16.2 Å². The maximum absolute atomic E-state index is 12.5. The average Bonchev–Trinajstić information content (AvgIpc) is 3.61. The fourth-order valence-corrected chi connectivity index (χ4v) is 4.92. The summed E-state index contributed by atoms with van der Waals surface area (Å²) in [5.41, 5.74) is 7.66. The van der Waals surface area contributed by atoms with E-state index in [1.165, 1.54) is 5.57 Å². The second-order valence-corrected chi connectivity index (χ2v) is 9.07. The topological polar surface area (TPSA) is 98.6 Å². The van der Waals surface area contributed by atoms with Gasteiger partial charge >= 0.3 is 6.09 Å². The highest BCUT2D eigenvalue weighted by Crippen LogP contribution is 2.59. The minimum Gasteiger partial charge on any atom is -0.443 e. The zero-order chi connectivity index (χ0) is 21.5. The molecule has 0 aromatic heterocycles. The van der Waals surface area contributed by atoms with Crippen LogP contribution in [0.15, 0.2) is 35.9 Å². The molecule has 2 saturated heterocycles. The largest absolute Gasteiger partial charge is 0.443 e. The lowest BCUT2D eigenvalue weighted by Crippen LogP contribution is -2.55. The van der Waals surface area contributed by atoms with E-state index in [2.05, 4.69) is 32.2 Å². The van der Waals surface area contributed by atoms with Crippen LogP contribution in [0.3, 0.4) is 0 Å². The van der Waals surface area contributed by atoms with Crippen LogP contribution >= 0.6 is 0 Å². The van der Waals surface area contributed by atoms with Crippen molar-refractivity contribution >= 4 is 17.5 Å². The highest BCUT2D eigenvalue weighted by Gasteiger charge is 2.72. The summed E-state index contributed by atoms with van der Waals surface area (Å²) in [5, 5.41) is 2.77. The number of carbonyl (C=O) groups excluding carboxylic acids is 1. The lowest BCUT2D eigenvalue weighted by Gasteiger charge is -2.42. The van der Waals surface area contributed by atoms with Crippen LogP contribution in [0.5, 0.6) is 0 Å². The minimum absolute atomic E-state index is 0.00800. The fourth-order valence-electron chi connectivity index (χ4n) is 4.92. The molecular formula is C23H32N2O5. The number of amides is 1. The van der Waals surface area contributed by atoms with E-state index in [0.717, 1.165) is 12.8 Å². The van der Waals surface area contributed by atoms with Crippen LogP contribution in [-0.2, 0) is 18.9 Å². The van der Waals surface area contributed by atoms with E-state index < -0.39 is 6.09 Å². The van der Waals surface area contributed by atoms with Gasteiger partial charge in [0.15, 0.2) is 0 Å². The summed E-state index contributed by atoms with van der Waals surface area (Å²) >= 11 is 0. The summed E-state index contributed by atoms with van der Waals surface area (Å²) in [5.74, 6) is 0.00800. The highest BCUT2D eigenvalue weighted by atomic mass is 16.6. The number of benzene rings is 1. The fraction of sp³-hybridized carbons (Fsp3) is 0.609. The lowest BCUT2D eigenvalue weighted by molar-refractivity contribution is -0.116. The Bertz CT molecular complexity index is 815. The summed E-state index contributed by atoms with van der Waals surface area (Å²) in [6.45, 7) is 7.02. The number of nitrogens with one attached hydrogen (secondary N) is 1. The molecule has 3 fully saturated rings. The Morgan fingerprint density at radius 3 is 2.63 bits per heavy atom. The van der Waals surface area contributed by atoms with Crippen molar-refractivity contribution in [3.05, 3.63) is 35.9 Å². The number of carbonyl (C=O) groups is 1. The molecule has 4 rings (SSSR count). The van der Waals surface area contributed by atoms with E-state index in [-0.39, 0.29) is 35.4 Å². The second kappa shape index (κ2) is 7.87. The van der Waals surface area contributed by atoms with Gasteiger partial charge in [-0.05, 0) is 64.3 Å². The van der Waals surface area contributed by atoms with Gasteiger partial charge in [0.25, 0.3) is 0 Å². The van der Waals surface area contributed by atoms with E-state index in [0.29, 0.717) is 24.4 Å². The zero-order valence-corrected chi connectivity index (χ0v) is 18.1. The van der Waals surface area contributed by atoms with Crippen molar-refractivity contribution in [1.82, 2.24) is 0 Å². The first kappa shape index (κ1) is 21.2. The number of methoxy groups -OCH3 is 1. The number of allylic oxidation sites excluding steroid dienone is 1. The van der Waals surface area contributed by atoms with Gasteiger partial charge in [0.05, 0.1) is 18.6 Å². The molecule has 1 aromatic rings. The molecule has 2 heterocycles. The van der Waals surface area contributed by atoms with Gasteiger partial charge < -0.3 is 24.7 Å². The third kappa shape index (κ3) is 4.06. The molecule has 4 unspecified atom stereocenters. The van der Waals surface area contributed by atoms with Gasteiger partial charge in [-0.2, -0.15) is 0 Å². The number of rotatable bonds is 6. The summed E-state index contributed by atoms with van der Waals surface area (Å²) in [4.78, 5) is 12.5. The second-order valence-electron chi connectivity index (χ2n) is 9.07. The first-order valence-electron chi connectivity index (χ1n) is 10.6. The molecule has 1 amide bonds. The van der Waals surface area contributed by atoms with E-state index in [9.17, 15) is 4.79 Å². The molecule has 2 aliphatic heterocycles. The van der Waals surface area contributed by atoms with Crippen molar-refractivity contribution in [2.75, 3.05) is 24.8 Å². The minimum atomic E-state index is -0.499. The average molecular weight is 417 g/mol. The SMILES string of the molecule is COC1C(OC(=O)Nc2ccc(N)cc2)CC[C@]2(CO2)C1C1(C)O[C@@H]1CC=C(C)C. The van der Waals surface area contributed by atoms with Crippen LogP contribution in [-0.4, -0.2) is 49.3 Å². The Hall–Kier alpha value is -2.09. The molecule has 0 bridgehead atoms. The third-order valence-electron chi connectivity index (χ3n) is 6.65. The highest BCUT2D eigenvalue weighted by molar-refractivity contribution is 5.85. The Morgan fingerprint density at radius 2 is 2.03 bits per heavy atom. The molecule has 164 valence electrons. The van der Waals surface area contributed by atoms with Crippen LogP contribution < -0.4 is 11.1 Å². The van der Waals surface area contributed by atoms with Gasteiger partial charge in [-0.15, -0.1) is 0 Å². The van der Waals surface area contributed by atoms with Gasteiger partial charge in [0.1, 0.15) is 23.4 Å². The molecule has 7 nitrogen and oxygen atoms in total. The predicted octanol–water partition coefficient (Wildman–Crippen LogP) is 3.89. The van der Waals surface area contributed by atoms with Crippen molar-refractivity contribution in [3.63, 3.8) is 0 Å². The Kier molecular flexibility index (Phi) is 5.55. The Labute approximate surface area is 177 Å². The maximum atomic E-state index is 12.5. The number of hydrogen-bond acceptors (Lipinski definition) is 6.